The molecule has 138 valence electrons. The molecule has 0 N–H and O–H groups in total. The van der Waals surface area contributed by atoms with Gasteiger partial charge in [-0.2, -0.15) is 0 Å². The molecule has 3 aromatic rings. The van der Waals surface area contributed by atoms with Crippen LogP contribution in [0, 0.1) is 17.0 Å². The molecule has 0 unspecified atom stereocenters. The van der Waals surface area contributed by atoms with Crippen LogP contribution in [0.15, 0.2) is 83.8 Å². The van der Waals surface area contributed by atoms with E-state index in [0.717, 1.165) is 17.2 Å². The lowest BCUT2D eigenvalue weighted by Gasteiger charge is -2.25. The van der Waals surface area contributed by atoms with E-state index < -0.39 is 14.9 Å². The van der Waals surface area contributed by atoms with E-state index in [1.807, 2.05) is 43.3 Å². The second-order valence-corrected chi connectivity index (χ2v) is 7.95. The van der Waals surface area contributed by atoms with Crippen molar-refractivity contribution in [2.45, 2.75) is 18.4 Å². The Morgan fingerprint density at radius 1 is 0.926 bits per heavy atom. The summed E-state index contributed by atoms with van der Waals surface area (Å²) >= 11 is 0. The zero-order chi connectivity index (χ0) is 19.4. The second kappa shape index (κ2) is 7.59. The first-order valence-corrected chi connectivity index (χ1v) is 9.70. The number of aryl methyl sites for hydroxylation is 1. The summed E-state index contributed by atoms with van der Waals surface area (Å²) < 4.78 is 27.9. The van der Waals surface area contributed by atoms with Gasteiger partial charge in [-0.15, -0.1) is 0 Å². The predicted octanol–water partition coefficient (Wildman–Crippen LogP) is 4.30. The van der Waals surface area contributed by atoms with E-state index in [4.69, 9.17) is 0 Å². The Labute approximate surface area is 157 Å². The maximum absolute atomic E-state index is 13.3. The van der Waals surface area contributed by atoms with Gasteiger partial charge in [-0.25, -0.2) is 8.42 Å². The number of hydrogen-bond donors (Lipinski definition) is 0. The molecule has 0 aliphatic heterocycles. The van der Waals surface area contributed by atoms with Crippen molar-refractivity contribution in [1.82, 2.24) is 0 Å². The van der Waals surface area contributed by atoms with Crippen molar-refractivity contribution in [2.24, 2.45) is 0 Å². The van der Waals surface area contributed by atoms with Crippen molar-refractivity contribution in [3.8, 4) is 0 Å². The molecule has 0 saturated carbocycles. The summed E-state index contributed by atoms with van der Waals surface area (Å²) in [5.41, 5.74) is 1.97. The van der Waals surface area contributed by atoms with Gasteiger partial charge in [0.25, 0.3) is 15.7 Å². The van der Waals surface area contributed by atoms with Gasteiger partial charge in [0.2, 0.25) is 0 Å². The quantitative estimate of drug-likeness (QED) is 0.470. The first kappa shape index (κ1) is 18.6. The van der Waals surface area contributed by atoms with Crippen LogP contribution >= 0.6 is 0 Å². The van der Waals surface area contributed by atoms with Crippen molar-refractivity contribution < 1.29 is 13.3 Å². The van der Waals surface area contributed by atoms with Crippen LogP contribution in [-0.4, -0.2) is 13.3 Å². The smallest absolute Gasteiger partial charge is 0.262 e. The van der Waals surface area contributed by atoms with Crippen molar-refractivity contribution >= 4 is 21.4 Å². The number of nitrogens with zero attached hydrogens (tertiary/aromatic N) is 2. The van der Waals surface area contributed by atoms with E-state index in [1.165, 1.54) is 22.5 Å². The highest BCUT2D eigenvalue weighted by atomic mass is 32.2. The Morgan fingerprint density at radius 3 is 2.30 bits per heavy atom. The summed E-state index contributed by atoms with van der Waals surface area (Å²) in [5.74, 6) is 0. The lowest BCUT2D eigenvalue weighted by atomic mass is 10.2. The standard InChI is InChI=1S/C20H18N2O4S/c1-16-7-5-10-18(13-16)21(15-17-8-3-2-4-9-17)27(25,26)20-12-6-11-19(14-20)22(23)24/h2-14H,15H2,1H3. The van der Waals surface area contributed by atoms with E-state index in [0.29, 0.717) is 5.69 Å². The SMILES string of the molecule is Cc1cccc(N(Cc2ccccc2)S(=O)(=O)c2cccc([N+](=O)[O-])c2)c1. The molecule has 0 spiro atoms. The van der Waals surface area contributed by atoms with Crippen LogP contribution in [0.5, 0.6) is 0 Å². The number of nitro benzene ring substituents is 1. The second-order valence-electron chi connectivity index (χ2n) is 6.09. The molecule has 0 amide bonds. The average Bonchev–Trinajstić information content (AvgIpc) is 2.67. The van der Waals surface area contributed by atoms with Crippen molar-refractivity contribution in [2.75, 3.05) is 4.31 Å². The highest BCUT2D eigenvalue weighted by Crippen LogP contribution is 2.28. The Hall–Kier alpha value is -3.19. The largest absolute Gasteiger partial charge is 0.270 e. The van der Waals surface area contributed by atoms with Gasteiger partial charge < -0.3 is 0 Å². The average molecular weight is 382 g/mol. The number of nitro groups is 1. The molecule has 0 atom stereocenters. The first-order chi connectivity index (χ1) is 12.9. The fourth-order valence-electron chi connectivity index (χ4n) is 2.73. The Morgan fingerprint density at radius 2 is 1.63 bits per heavy atom. The van der Waals surface area contributed by atoms with Crippen LogP contribution in [0.1, 0.15) is 11.1 Å². The molecule has 0 saturated heterocycles. The van der Waals surface area contributed by atoms with E-state index >= 15 is 0 Å². The van der Waals surface area contributed by atoms with Crippen molar-refractivity contribution in [1.29, 1.82) is 0 Å². The lowest BCUT2D eigenvalue weighted by molar-refractivity contribution is -0.385. The summed E-state index contributed by atoms with van der Waals surface area (Å²) in [4.78, 5) is 10.3. The van der Waals surface area contributed by atoms with Crippen LogP contribution in [0.3, 0.4) is 0 Å². The van der Waals surface area contributed by atoms with Gasteiger partial charge in [0.05, 0.1) is 22.1 Å². The lowest BCUT2D eigenvalue weighted by Crippen LogP contribution is -2.30. The third kappa shape index (κ3) is 4.15. The molecule has 3 rings (SSSR count). The van der Waals surface area contributed by atoms with E-state index in [1.54, 1.807) is 18.2 Å². The van der Waals surface area contributed by atoms with Crippen LogP contribution in [0.2, 0.25) is 0 Å². The first-order valence-electron chi connectivity index (χ1n) is 8.26. The molecular formula is C20H18N2O4S. The van der Waals surface area contributed by atoms with Crippen LogP contribution in [-0.2, 0) is 16.6 Å². The van der Waals surface area contributed by atoms with Gasteiger partial charge in [-0.05, 0) is 36.2 Å². The maximum atomic E-state index is 13.3. The fourth-order valence-corrected chi connectivity index (χ4v) is 4.22. The van der Waals surface area contributed by atoms with Crippen molar-refractivity contribution in [3.63, 3.8) is 0 Å². The molecule has 0 bridgehead atoms. The summed E-state index contributed by atoms with van der Waals surface area (Å²) in [6, 6.07) is 21.5. The number of non-ortho nitro benzene ring substituents is 1. The molecule has 7 heteroatoms. The van der Waals surface area contributed by atoms with E-state index in [-0.39, 0.29) is 17.1 Å². The number of benzene rings is 3. The molecule has 0 aliphatic carbocycles. The van der Waals surface area contributed by atoms with Gasteiger partial charge in [0.1, 0.15) is 0 Å². The highest BCUT2D eigenvalue weighted by molar-refractivity contribution is 7.92. The summed E-state index contributed by atoms with van der Waals surface area (Å²) in [7, 11) is -4.00. The van der Waals surface area contributed by atoms with Gasteiger partial charge in [0.15, 0.2) is 0 Å². The van der Waals surface area contributed by atoms with Gasteiger partial charge >= 0.3 is 0 Å². The third-order valence-corrected chi connectivity index (χ3v) is 5.84. The normalized spacial score (nSPS) is 11.1. The molecule has 27 heavy (non-hydrogen) atoms. The zero-order valence-electron chi connectivity index (χ0n) is 14.6. The summed E-state index contributed by atoms with van der Waals surface area (Å²) in [6.07, 6.45) is 0. The fraction of sp³-hybridized carbons (Fsp3) is 0.100. The number of rotatable bonds is 6. The van der Waals surface area contributed by atoms with Gasteiger partial charge in [-0.3, -0.25) is 14.4 Å². The van der Waals surface area contributed by atoms with Crippen LogP contribution in [0.25, 0.3) is 0 Å². The minimum atomic E-state index is -4.00. The molecule has 0 aromatic heterocycles. The topological polar surface area (TPSA) is 80.5 Å². The van der Waals surface area contributed by atoms with Crippen LogP contribution in [0.4, 0.5) is 11.4 Å². The number of sulfonamides is 1. The molecular weight excluding hydrogens is 364 g/mol. The van der Waals surface area contributed by atoms with E-state index in [2.05, 4.69) is 0 Å². The number of hydrogen-bond acceptors (Lipinski definition) is 4. The third-order valence-electron chi connectivity index (χ3n) is 4.08. The minimum absolute atomic E-state index is 0.117. The van der Waals surface area contributed by atoms with Crippen LogP contribution < -0.4 is 4.31 Å². The molecule has 0 aliphatic rings. The molecule has 3 aromatic carbocycles. The monoisotopic (exact) mass is 382 g/mol. The van der Waals surface area contributed by atoms with E-state index in [9.17, 15) is 18.5 Å². The Kier molecular flexibility index (Phi) is 5.23. The van der Waals surface area contributed by atoms with Gasteiger partial charge in [0, 0.05) is 12.1 Å². The predicted molar refractivity (Wildman–Crippen MR) is 104 cm³/mol. The Balaban J connectivity index is 2.11. The van der Waals surface area contributed by atoms with Gasteiger partial charge in [-0.1, -0.05) is 48.5 Å². The summed E-state index contributed by atoms with van der Waals surface area (Å²) in [5, 5.41) is 11.1. The minimum Gasteiger partial charge on any atom is -0.262 e. The molecule has 0 fully saturated rings. The van der Waals surface area contributed by atoms with Crippen molar-refractivity contribution in [3.05, 3.63) is 100 Å². The maximum Gasteiger partial charge on any atom is 0.270 e. The highest BCUT2D eigenvalue weighted by Gasteiger charge is 2.27. The zero-order valence-corrected chi connectivity index (χ0v) is 15.5. The number of anilines is 1. The summed E-state index contributed by atoms with van der Waals surface area (Å²) in [6.45, 7) is 2.00. The molecule has 0 radical (unpaired) electrons. The Bertz CT molecular complexity index is 1070. The molecule has 6 nitrogen and oxygen atoms in total. The molecule has 0 heterocycles.